The van der Waals surface area contributed by atoms with Crippen LogP contribution in [0.4, 0.5) is 0 Å². The average molecular weight is 924 g/mol. The van der Waals surface area contributed by atoms with Crippen molar-refractivity contribution in [1.82, 2.24) is 4.57 Å². The van der Waals surface area contributed by atoms with Gasteiger partial charge in [-0.25, -0.2) is 0 Å². The standard InChI is InChI=1S/C45H33N.C19H16.C7H8/c1-2-31-15-9-10-20-36(31)32-25-27-40-39-22-12-14-24-43(39)46(44(40)29-32)35-26-28-38-37-21-11-13-23-41(37)45(42(38)30-35,33-16-5-3-6-17-33)34-18-7-4-8-19-34;1-15-12-18(16-8-4-2-5-9-16)14-19(13-15)17-10-6-3-7-11-17;1-7-5-3-2-4-6-7/h3-30H,2H2,1H3;2-14H,1H3;2-6H,1H3. The van der Waals surface area contributed by atoms with Crippen molar-refractivity contribution in [3.8, 4) is 50.2 Å². The number of aryl methyl sites for hydroxylation is 3. The first kappa shape index (κ1) is 45.7. The number of nitrogens with zero attached hydrogens (tertiary/aromatic N) is 1. The summed E-state index contributed by atoms with van der Waals surface area (Å²) in [6.45, 7) is 6.47. The van der Waals surface area contributed by atoms with Crippen molar-refractivity contribution in [3.63, 3.8) is 0 Å². The fourth-order valence-electron chi connectivity index (χ4n) is 11.0. The lowest BCUT2D eigenvalue weighted by atomic mass is 9.67. The quantitative estimate of drug-likeness (QED) is 0.150. The second-order valence-electron chi connectivity index (χ2n) is 18.8. The third-order valence-electron chi connectivity index (χ3n) is 14.3. The monoisotopic (exact) mass is 923 g/mol. The molecule has 1 heteroatoms. The van der Waals surface area contributed by atoms with Crippen molar-refractivity contribution in [2.24, 2.45) is 0 Å². The summed E-state index contributed by atoms with van der Waals surface area (Å²) in [6.07, 6.45) is 1.00. The number of fused-ring (bicyclic) bond motifs is 6. The molecule has 1 aliphatic carbocycles. The van der Waals surface area contributed by atoms with E-state index in [0.29, 0.717) is 0 Å². The summed E-state index contributed by atoms with van der Waals surface area (Å²) in [7, 11) is 0. The fourth-order valence-corrected chi connectivity index (χ4v) is 11.0. The molecule has 0 spiro atoms. The molecule has 0 aliphatic heterocycles. The molecule has 72 heavy (non-hydrogen) atoms. The molecule has 346 valence electrons. The molecule has 1 aromatic heterocycles. The number of hydrogen-bond donors (Lipinski definition) is 0. The molecule has 0 saturated heterocycles. The average Bonchev–Trinajstić information content (AvgIpc) is 3.94. The molecule has 0 radical (unpaired) electrons. The Kier molecular flexibility index (Phi) is 12.9. The first-order valence-electron chi connectivity index (χ1n) is 25.2. The zero-order valence-electron chi connectivity index (χ0n) is 41.2. The maximum absolute atomic E-state index is 2.48. The highest BCUT2D eigenvalue weighted by atomic mass is 15.0. The highest BCUT2D eigenvalue weighted by Crippen LogP contribution is 2.56. The van der Waals surface area contributed by atoms with E-state index in [1.165, 1.54) is 111 Å². The Morgan fingerprint density at radius 1 is 0.319 bits per heavy atom. The third kappa shape index (κ3) is 8.65. The number of aromatic nitrogens is 1. The fraction of sp³-hybridized carbons (Fsp3) is 0.0704. The summed E-state index contributed by atoms with van der Waals surface area (Å²) in [5, 5.41) is 2.54. The SMILES string of the molecule is CCc1ccccc1-c1ccc2c3ccccc3n(-c3ccc4c(c3)C(c3ccccc3)(c3ccccc3)c3ccccc3-4)c2c1.Cc1cc(-c2ccccc2)cc(-c2ccccc2)c1.Cc1ccccc1. The molecule has 12 aromatic rings. The number of hydrogen-bond acceptors (Lipinski definition) is 0. The normalized spacial score (nSPS) is 12.0. The minimum atomic E-state index is -0.436. The van der Waals surface area contributed by atoms with Gasteiger partial charge in [0.15, 0.2) is 0 Å². The molecule has 0 atom stereocenters. The van der Waals surface area contributed by atoms with Crippen LogP contribution in [-0.4, -0.2) is 4.57 Å². The molecule has 0 bridgehead atoms. The first-order chi connectivity index (χ1) is 35.5. The Balaban J connectivity index is 0.000000176. The Morgan fingerprint density at radius 2 is 0.819 bits per heavy atom. The zero-order chi connectivity index (χ0) is 48.9. The molecular formula is C71H57N. The van der Waals surface area contributed by atoms with E-state index in [4.69, 9.17) is 0 Å². The van der Waals surface area contributed by atoms with Crippen LogP contribution in [0.15, 0.2) is 279 Å². The molecule has 0 amide bonds. The van der Waals surface area contributed by atoms with Crippen LogP contribution in [0.3, 0.4) is 0 Å². The zero-order valence-corrected chi connectivity index (χ0v) is 41.2. The Morgan fingerprint density at radius 3 is 1.42 bits per heavy atom. The van der Waals surface area contributed by atoms with Crippen LogP contribution < -0.4 is 0 Å². The maximum Gasteiger partial charge on any atom is 0.0714 e. The van der Waals surface area contributed by atoms with Crippen molar-refractivity contribution in [3.05, 3.63) is 318 Å². The van der Waals surface area contributed by atoms with Crippen LogP contribution in [0.2, 0.25) is 0 Å². The van der Waals surface area contributed by atoms with Gasteiger partial charge in [-0.3, -0.25) is 0 Å². The molecule has 0 unspecified atom stereocenters. The van der Waals surface area contributed by atoms with Crippen LogP contribution >= 0.6 is 0 Å². The minimum absolute atomic E-state index is 0.436. The van der Waals surface area contributed by atoms with Crippen molar-refractivity contribution in [1.29, 1.82) is 0 Å². The largest absolute Gasteiger partial charge is 0.309 e. The Labute approximate surface area is 425 Å². The molecule has 0 N–H and O–H groups in total. The van der Waals surface area contributed by atoms with Gasteiger partial charge in [0.25, 0.3) is 0 Å². The molecule has 1 heterocycles. The molecule has 0 fully saturated rings. The van der Waals surface area contributed by atoms with Gasteiger partial charge in [-0.1, -0.05) is 261 Å². The smallest absolute Gasteiger partial charge is 0.0714 e. The second-order valence-corrected chi connectivity index (χ2v) is 18.8. The lowest BCUT2D eigenvalue weighted by molar-refractivity contribution is 0.767. The van der Waals surface area contributed by atoms with Crippen molar-refractivity contribution in [2.75, 3.05) is 0 Å². The highest BCUT2D eigenvalue weighted by Gasteiger charge is 2.46. The maximum atomic E-state index is 2.48. The van der Waals surface area contributed by atoms with Gasteiger partial charge in [0.2, 0.25) is 0 Å². The topological polar surface area (TPSA) is 4.93 Å². The molecular weight excluding hydrogens is 867 g/mol. The van der Waals surface area contributed by atoms with Gasteiger partial charge in [0.05, 0.1) is 16.4 Å². The molecule has 0 saturated carbocycles. The summed E-state index contributed by atoms with van der Waals surface area (Å²) >= 11 is 0. The van der Waals surface area contributed by atoms with Crippen LogP contribution in [0.1, 0.15) is 45.9 Å². The molecule has 1 aliphatic rings. The summed E-state index contributed by atoms with van der Waals surface area (Å²) < 4.78 is 2.48. The van der Waals surface area contributed by atoms with E-state index < -0.39 is 5.41 Å². The third-order valence-corrected chi connectivity index (χ3v) is 14.3. The number of benzene rings is 11. The van der Waals surface area contributed by atoms with Gasteiger partial charge in [-0.15, -0.1) is 0 Å². The summed E-state index contributed by atoms with van der Waals surface area (Å²) in [5.74, 6) is 0. The molecule has 11 aromatic carbocycles. The first-order valence-corrected chi connectivity index (χ1v) is 25.2. The lowest BCUT2D eigenvalue weighted by Gasteiger charge is -2.34. The van der Waals surface area contributed by atoms with E-state index in [2.05, 4.69) is 286 Å². The second kappa shape index (κ2) is 20.3. The highest BCUT2D eigenvalue weighted by molar-refractivity contribution is 6.10. The van der Waals surface area contributed by atoms with Gasteiger partial charge >= 0.3 is 0 Å². The van der Waals surface area contributed by atoms with Gasteiger partial charge in [0.1, 0.15) is 0 Å². The van der Waals surface area contributed by atoms with Gasteiger partial charge in [-0.2, -0.15) is 0 Å². The van der Waals surface area contributed by atoms with Gasteiger partial charge in [0, 0.05) is 16.5 Å². The van der Waals surface area contributed by atoms with E-state index in [1.54, 1.807) is 0 Å². The molecule has 1 nitrogen and oxygen atoms in total. The predicted octanol–water partition coefficient (Wildman–Crippen LogP) is 18.7. The van der Waals surface area contributed by atoms with Crippen molar-refractivity contribution in [2.45, 2.75) is 32.6 Å². The van der Waals surface area contributed by atoms with E-state index in [9.17, 15) is 0 Å². The van der Waals surface area contributed by atoms with Crippen LogP contribution in [0, 0.1) is 13.8 Å². The number of para-hydroxylation sites is 1. The van der Waals surface area contributed by atoms with Crippen molar-refractivity contribution < 1.29 is 0 Å². The van der Waals surface area contributed by atoms with E-state index >= 15 is 0 Å². The Bertz CT molecular complexity index is 3680. The van der Waals surface area contributed by atoms with Crippen molar-refractivity contribution >= 4 is 21.8 Å². The van der Waals surface area contributed by atoms with Crippen LogP contribution in [-0.2, 0) is 11.8 Å². The van der Waals surface area contributed by atoms with Gasteiger partial charge < -0.3 is 4.57 Å². The minimum Gasteiger partial charge on any atom is -0.309 e. The van der Waals surface area contributed by atoms with Gasteiger partial charge in [-0.05, 0) is 128 Å². The van der Waals surface area contributed by atoms with E-state index in [-0.39, 0.29) is 0 Å². The predicted molar refractivity (Wildman–Crippen MR) is 306 cm³/mol. The van der Waals surface area contributed by atoms with Crippen LogP contribution in [0.5, 0.6) is 0 Å². The summed E-state index contributed by atoms with van der Waals surface area (Å²) in [4.78, 5) is 0. The number of rotatable bonds is 7. The molecule has 13 rings (SSSR count). The van der Waals surface area contributed by atoms with E-state index in [0.717, 1.165) is 6.42 Å². The Hall–Kier alpha value is -8.78. The summed E-state index contributed by atoms with van der Waals surface area (Å²) in [6, 6.07) is 101. The summed E-state index contributed by atoms with van der Waals surface area (Å²) in [5.41, 5.74) is 22.6. The lowest BCUT2D eigenvalue weighted by Crippen LogP contribution is -2.28. The van der Waals surface area contributed by atoms with Crippen LogP contribution in [0.25, 0.3) is 72.0 Å². The van der Waals surface area contributed by atoms with E-state index in [1.807, 2.05) is 18.2 Å².